The molecule has 1 saturated heterocycles. The standard InChI is InChI=1S/C10H7ClN2O6S/c11-5-1-6(3-7(2-5)20(17,18)19)13-9(15)4-8(14)12-10(13)16/h1-3H,4H2,(H,12,14,16)(H,17,18,19). The highest BCUT2D eigenvalue weighted by Gasteiger charge is 2.32. The predicted molar refractivity (Wildman–Crippen MR) is 66.9 cm³/mol. The zero-order chi connectivity index (χ0) is 15.1. The van der Waals surface area contributed by atoms with Crippen LogP contribution in [-0.2, 0) is 19.7 Å². The first kappa shape index (κ1) is 14.4. The Bertz CT molecular complexity index is 709. The first-order chi connectivity index (χ1) is 9.18. The molecule has 0 aliphatic carbocycles. The second-order valence-corrected chi connectivity index (χ2v) is 5.74. The zero-order valence-corrected chi connectivity index (χ0v) is 11.2. The molecular formula is C10H7ClN2O6S. The Morgan fingerprint density at radius 2 is 1.85 bits per heavy atom. The SMILES string of the molecule is O=C1CC(=O)N(c2cc(Cl)cc(S(=O)(=O)O)c2)C(=O)N1. The lowest BCUT2D eigenvalue weighted by Gasteiger charge is -2.25. The summed E-state index contributed by atoms with van der Waals surface area (Å²) in [6.07, 6.45) is -0.556. The Labute approximate surface area is 118 Å². The molecule has 2 rings (SSSR count). The third kappa shape index (κ3) is 2.79. The number of urea groups is 1. The van der Waals surface area contributed by atoms with E-state index in [1.165, 1.54) is 0 Å². The van der Waals surface area contributed by atoms with Gasteiger partial charge in [0, 0.05) is 5.02 Å². The Kier molecular flexibility index (Phi) is 3.50. The van der Waals surface area contributed by atoms with Crippen LogP contribution in [0.15, 0.2) is 23.1 Å². The fraction of sp³-hybridized carbons (Fsp3) is 0.100. The first-order valence-electron chi connectivity index (χ1n) is 5.13. The number of benzene rings is 1. The number of hydrogen-bond donors (Lipinski definition) is 2. The summed E-state index contributed by atoms with van der Waals surface area (Å²) in [7, 11) is -4.55. The van der Waals surface area contributed by atoms with Gasteiger partial charge in [0.15, 0.2) is 0 Å². The fourth-order valence-electron chi connectivity index (χ4n) is 1.64. The number of halogens is 1. The number of imide groups is 2. The highest BCUT2D eigenvalue weighted by atomic mass is 35.5. The molecular weight excluding hydrogens is 312 g/mol. The van der Waals surface area contributed by atoms with Crippen LogP contribution in [0.25, 0.3) is 0 Å². The summed E-state index contributed by atoms with van der Waals surface area (Å²) >= 11 is 5.69. The van der Waals surface area contributed by atoms with Crippen LogP contribution >= 0.6 is 11.6 Å². The summed E-state index contributed by atoms with van der Waals surface area (Å²) in [5, 5.41) is 1.80. The largest absolute Gasteiger partial charge is 0.335 e. The number of carbonyl (C=O) groups is 3. The summed E-state index contributed by atoms with van der Waals surface area (Å²) in [4.78, 5) is 34.3. The van der Waals surface area contributed by atoms with Crippen LogP contribution in [0.5, 0.6) is 0 Å². The maximum absolute atomic E-state index is 11.7. The van der Waals surface area contributed by atoms with Gasteiger partial charge in [-0.3, -0.25) is 19.5 Å². The molecule has 1 aliphatic heterocycles. The minimum Gasteiger partial charge on any atom is -0.282 e. The molecule has 106 valence electrons. The summed E-state index contributed by atoms with van der Waals surface area (Å²) in [5.74, 6) is -1.59. The van der Waals surface area contributed by atoms with Gasteiger partial charge in [-0.25, -0.2) is 9.69 Å². The van der Waals surface area contributed by atoms with Crippen LogP contribution < -0.4 is 10.2 Å². The minimum absolute atomic E-state index is 0.104. The van der Waals surface area contributed by atoms with Crippen molar-refractivity contribution in [1.29, 1.82) is 0 Å². The van der Waals surface area contributed by atoms with Crippen LogP contribution in [0.2, 0.25) is 5.02 Å². The van der Waals surface area contributed by atoms with Crippen LogP contribution in [-0.4, -0.2) is 30.8 Å². The number of nitrogens with zero attached hydrogens (tertiary/aromatic N) is 1. The number of barbiturate groups is 1. The number of rotatable bonds is 2. The zero-order valence-electron chi connectivity index (χ0n) is 9.66. The van der Waals surface area contributed by atoms with Crippen molar-refractivity contribution < 1.29 is 27.4 Å². The third-order valence-electron chi connectivity index (χ3n) is 2.42. The van der Waals surface area contributed by atoms with Crippen molar-refractivity contribution in [3.8, 4) is 0 Å². The molecule has 0 atom stereocenters. The van der Waals surface area contributed by atoms with Crippen molar-refractivity contribution in [2.24, 2.45) is 0 Å². The van der Waals surface area contributed by atoms with E-state index >= 15 is 0 Å². The van der Waals surface area contributed by atoms with Gasteiger partial charge in [0.25, 0.3) is 10.1 Å². The molecule has 10 heteroatoms. The quantitative estimate of drug-likeness (QED) is 0.607. The van der Waals surface area contributed by atoms with Gasteiger partial charge in [-0.15, -0.1) is 0 Å². The smallest absolute Gasteiger partial charge is 0.282 e. The first-order valence-corrected chi connectivity index (χ1v) is 6.95. The maximum Gasteiger partial charge on any atom is 0.335 e. The van der Waals surface area contributed by atoms with Gasteiger partial charge in [0.2, 0.25) is 11.8 Å². The number of anilines is 1. The molecule has 20 heavy (non-hydrogen) atoms. The Hall–Kier alpha value is -1.97. The number of amides is 4. The van der Waals surface area contributed by atoms with Gasteiger partial charge in [0.05, 0.1) is 10.6 Å². The molecule has 4 amide bonds. The van der Waals surface area contributed by atoms with Crippen molar-refractivity contribution in [3.63, 3.8) is 0 Å². The monoisotopic (exact) mass is 318 g/mol. The van der Waals surface area contributed by atoms with Crippen LogP contribution in [0, 0.1) is 0 Å². The van der Waals surface area contributed by atoms with Crippen molar-refractivity contribution in [2.75, 3.05) is 4.90 Å². The topological polar surface area (TPSA) is 121 Å². The lowest BCUT2D eigenvalue weighted by atomic mass is 10.2. The second kappa shape index (κ2) is 4.85. The molecule has 1 heterocycles. The maximum atomic E-state index is 11.7. The normalized spacial score (nSPS) is 16.3. The van der Waals surface area contributed by atoms with E-state index < -0.39 is 39.3 Å². The van der Waals surface area contributed by atoms with Gasteiger partial charge in [0.1, 0.15) is 6.42 Å². The van der Waals surface area contributed by atoms with Gasteiger partial charge in [-0.2, -0.15) is 8.42 Å². The molecule has 8 nitrogen and oxygen atoms in total. The van der Waals surface area contributed by atoms with E-state index in [2.05, 4.69) is 0 Å². The average Bonchev–Trinajstić information content (AvgIpc) is 2.25. The fourth-order valence-corrected chi connectivity index (χ4v) is 2.48. The van der Waals surface area contributed by atoms with Crippen molar-refractivity contribution in [2.45, 2.75) is 11.3 Å². The van der Waals surface area contributed by atoms with E-state index in [0.717, 1.165) is 18.2 Å². The summed E-state index contributed by atoms with van der Waals surface area (Å²) < 4.78 is 31.1. The molecule has 1 aliphatic rings. The van der Waals surface area contributed by atoms with E-state index in [-0.39, 0.29) is 10.7 Å². The van der Waals surface area contributed by atoms with E-state index in [0.29, 0.717) is 4.90 Å². The van der Waals surface area contributed by atoms with Crippen LogP contribution in [0.3, 0.4) is 0 Å². The summed E-state index contributed by atoms with van der Waals surface area (Å²) in [6, 6.07) is 1.99. The van der Waals surface area contributed by atoms with Gasteiger partial charge < -0.3 is 0 Å². The van der Waals surface area contributed by atoms with E-state index in [1.54, 1.807) is 0 Å². The molecule has 0 radical (unpaired) electrons. The minimum atomic E-state index is -4.55. The highest BCUT2D eigenvalue weighted by Crippen LogP contribution is 2.26. The molecule has 0 unspecified atom stereocenters. The Morgan fingerprint density at radius 1 is 1.20 bits per heavy atom. The highest BCUT2D eigenvalue weighted by molar-refractivity contribution is 7.85. The van der Waals surface area contributed by atoms with Gasteiger partial charge >= 0.3 is 6.03 Å². The van der Waals surface area contributed by atoms with Gasteiger partial charge in [-0.1, -0.05) is 11.6 Å². The summed E-state index contributed by atoms with van der Waals surface area (Å²) in [6.45, 7) is 0. The van der Waals surface area contributed by atoms with Crippen molar-refractivity contribution in [1.82, 2.24) is 5.32 Å². The number of carbonyl (C=O) groups excluding carboxylic acids is 3. The van der Waals surface area contributed by atoms with E-state index in [9.17, 15) is 22.8 Å². The molecule has 0 aromatic heterocycles. The molecule has 1 aromatic carbocycles. The Morgan fingerprint density at radius 3 is 2.40 bits per heavy atom. The number of hydrogen-bond acceptors (Lipinski definition) is 5. The molecule has 0 spiro atoms. The average molecular weight is 319 g/mol. The van der Waals surface area contributed by atoms with E-state index in [4.69, 9.17) is 16.2 Å². The lowest BCUT2D eigenvalue weighted by Crippen LogP contribution is -2.53. The van der Waals surface area contributed by atoms with Crippen LogP contribution in [0.1, 0.15) is 6.42 Å². The molecule has 0 saturated carbocycles. The number of nitrogens with one attached hydrogen (secondary N) is 1. The Balaban J connectivity index is 2.53. The second-order valence-electron chi connectivity index (χ2n) is 3.88. The van der Waals surface area contributed by atoms with E-state index in [1.807, 2.05) is 5.32 Å². The molecule has 1 aromatic rings. The molecule has 2 N–H and O–H groups in total. The lowest BCUT2D eigenvalue weighted by molar-refractivity contribution is -0.128. The third-order valence-corrected chi connectivity index (χ3v) is 3.47. The summed E-state index contributed by atoms with van der Waals surface area (Å²) in [5.41, 5.74) is -0.167. The van der Waals surface area contributed by atoms with Crippen molar-refractivity contribution in [3.05, 3.63) is 23.2 Å². The van der Waals surface area contributed by atoms with Crippen molar-refractivity contribution >= 4 is 45.3 Å². The molecule has 0 bridgehead atoms. The predicted octanol–water partition coefficient (Wildman–Crippen LogP) is 0.560. The van der Waals surface area contributed by atoms with Crippen LogP contribution in [0.4, 0.5) is 10.5 Å². The van der Waals surface area contributed by atoms with Gasteiger partial charge in [-0.05, 0) is 18.2 Å². The molecule has 1 fully saturated rings.